The maximum Gasteiger partial charge on any atom is 0.290 e. The van der Waals surface area contributed by atoms with E-state index in [2.05, 4.69) is 6.07 Å². The van der Waals surface area contributed by atoms with Gasteiger partial charge in [-0.3, -0.25) is 14.4 Å². The first-order valence-corrected chi connectivity index (χ1v) is 12.6. The number of piperazine rings is 1. The van der Waals surface area contributed by atoms with Crippen molar-refractivity contribution in [2.75, 3.05) is 39.3 Å². The molecule has 2 aliphatic heterocycles. The number of benzene rings is 2. The Hall–Kier alpha value is -4.07. The Morgan fingerprint density at radius 1 is 0.946 bits per heavy atom. The predicted molar refractivity (Wildman–Crippen MR) is 137 cm³/mol. The molecule has 1 atom stereocenters. The highest BCUT2D eigenvalue weighted by Crippen LogP contribution is 2.38. The molecule has 3 aromatic rings. The average molecular weight is 502 g/mol. The Labute approximate surface area is 216 Å². The Bertz CT molecular complexity index is 1290. The fourth-order valence-corrected chi connectivity index (χ4v) is 5.15. The van der Waals surface area contributed by atoms with Gasteiger partial charge in [-0.1, -0.05) is 35.9 Å². The highest BCUT2D eigenvalue weighted by atomic mass is 16.5. The quantitative estimate of drug-likeness (QED) is 0.535. The van der Waals surface area contributed by atoms with Crippen LogP contribution >= 0.6 is 0 Å². The molecular weight excluding hydrogens is 470 g/mol. The maximum atomic E-state index is 13.4. The standard InChI is InChI=1S/C29H31N3O5/c1-20-5-3-6-23(17-20)28-25-18-24(37-19-27(34)31-14-12-30(13-15-31)21(2)33)9-8-22(25)10-11-32(28)29(35)26-7-4-16-36-26/h3-9,16-18,28H,10-15,19H2,1-2H3/t28-/m1/s1. The fraction of sp³-hybridized carbons (Fsp3) is 0.345. The van der Waals surface area contributed by atoms with E-state index in [-0.39, 0.29) is 30.4 Å². The van der Waals surface area contributed by atoms with Gasteiger partial charge < -0.3 is 23.9 Å². The normalized spacial score (nSPS) is 17.4. The molecule has 0 unspecified atom stereocenters. The number of hydrogen-bond acceptors (Lipinski definition) is 5. The van der Waals surface area contributed by atoms with E-state index >= 15 is 0 Å². The number of aryl methyl sites for hydroxylation is 1. The zero-order valence-corrected chi connectivity index (χ0v) is 21.2. The second-order valence-electron chi connectivity index (χ2n) is 9.58. The third-order valence-corrected chi connectivity index (χ3v) is 7.14. The topological polar surface area (TPSA) is 83.3 Å². The zero-order chi connectivity index (χ0) is 25.9. The van der Waals surface area contributed by atoms with Crippen molar-refractivity contribution < 1.29 is 23.5 Å². The number of rotatable bonds is 5. The van der Waals surface area contributed by atoms with Crippen LogP contribution in [0.25, 0.3) is 0 Å². The Morgan fingerprint density at radius 3 is 2.43 bits per heavy atom. The van der Waals surface area contributed by atoms with Crippen molar-refractivity contribution in [3.8, 4) is 5.75 Å². The summed E-state index contributed by atoms with van der Waals surface area (Å²) in [6.07, 6.45) is 2.22. The molecule has 2 aromatic carbocycles. The van der Waals surface area contributed by atoms with Crippen LogP contribution in [0.15, 0.2) is 65.3 Å². The third kappa shape index (κ3) is 5.23. The average Bonchev–Trinajstić information content (AvgIpc) is 3.46. The lowest BCUT2D eigenvalue weighted by Crippen LogP contribution is -2.51. The van der Waals surface area contributed by atoms with E-state index in [1.807, 2.05) is 48.2 Å². The van der Waals surface area contributed by atoms with Crippen LogP contribution in [-0.4, -0.2) is 71.8 Å². The van der Waals surface area contributed by atoms with Crippen molar-refractivity contribution in [1.82, 2.24) is 14.7 Å². The summed E-state index contributed by atoms with van der Waals surface area (Å²) in [5.41, 5.74) is 4.25. The van der Waals surface area contributed by atoms with Gasteiger partial charge in [-0.15, -0.1) is 0 Å². The summed E-state index contributed by atoms with van der Waals surface area (Å²) >= 11 is 0. The first-order valence-electron chi connectivity index (χ1n) is 12.6. The first kappa shape index (κ1) is 24.6. The molecule has 0 saturated carbocycles. The number of carbonyl (C=O) groups excluding carboxylic acids is 3. The molecular formula is C29H31N3O5. The Balaban J connectivity index is 1.37. The minimum atomic E-state index is -0.305. The SMILES string of the molecule is CC(=O)N1CCN(C(=O)COc2ccc3c(c2)[C@@H](c2cccc(C)c2)N(C(=O)c2ccco2)CC3)CC1. The summed E-state index contributed by atoms with van der Waals surface area (Å²) in [4.78, 5) is 43.0. The fourth-order valence-electron chi connectivity index (χ4n) is 5.15. The zero-order valence-electron chi connectivity index (χ0n) is 21.2. The molecule has 3 heterocycles. The molecule has 0 spiro atoms. The van der Waals surface area contributed by atoms with E-state index in [0.717, 1.165) is 22.3 Å². The summed E-state index contributed by atoms with van der Waals surface area (Å²) in [5.74, 6) is 0.655. The van der Waals surface area contributed by atoms with Crippen molar-refractivity contribution in [3.05, 3.63) is 88.9 Å². The van der Waals surface area contributed by atoms with Crippen molar-refractivity contribution in [3.63, 3.8) is 0 Å². The minimum absolute atomic E-state index is 0.0279. The van der Waals surface area contributed by atoms with E-state index in [1.165, 1.54) is 6.26 Å². The largest absolute Gasteiger partial charge is 0.484 e. The van der Waals surface area contributed by atoms with Gasteiger partial charge >= 0.3 is 0 Å². The molecule has 1 fully saturated rings. The monoisotopic (exact) mass is 501 g/mol. The Morgan fingerprint density at radius 2 is 1.73 bits per heavy atom. The molecule has 2 aliphatic rings. The minimum Gasteiger partial charge on any atom is -0.484 e. The number of fused-ring (bicyclic) bond motifs is 1. The lowest BCUT2D eigenvalue weighted by Gasteiger charge is -2.37. The highest BCUT2D eigenvalue weighted by molar-refractivity contribution is 5.92. The molecule has 0 bridgehead atoms. The smallest absolute Gasteiger partial charge is 0.290 e. The summed E-state index contributed by atoms with van der Waals surface area (Å²) in [5, 5.41) is 0. The lowest BCUT2D eigenvalue weighted by molar-refractivity contribution is -0.139. The molecule has 1 aromatic heterocycles. The van der Waals surface area contributed by atoms with E-state index in [1.54, 1.807) is 28.9 Å². The maximum absolute atomic E-state index is 13.4. The van der Waals surface area contributed by atoms with Gasteiger partial charge in [-0.25, -0.2) is 0 Å². The summed E-state index contributed by atoms with van der Waals surface area (Å²) in [6, 6.07) is 17.1. The molecule has 8 nitrogen and oxygen atoms in total. The van der Waals surface area contributed by atoms with Crippen LogP contribution in [0.3, 0.4) is 0 Å². The molecule has 0 radical (unpaired) electrons. The van der Waals surface area contributed by atoms with Gasteiger partial charge in [0, 0.05) is 39.6 Å². The van der Waals surface area contributed by atoms with E-state index in [0.29, 0.717) is 50.7 Å². The predicted octanol–water partition coefficient (Wildman–Crippen LogP) is 3.45. The lowest BCUT2D eigenvalue weighted by atomic mass is 9.87. The van der Waals surface area contributed by atoms with Crippen molar-refractivity contribution in [2.45, 2.75) is 26.3 Å². The van der Waals surface area contributed by atoms with Crippen LogP contribution in [0.1, 0.15) is 45.8 Å². The van der Waals surface area contributed by atoms with E-state index in [4.69, 9.17) is 9.15 Å². The highest BCUT2D eigenvalue weighted by Gasteiger charge is 2.34. The number of amides is 3. The number of furan rings is 1. The molecule has 0 aliphatic carbocycles. The molecule has 5 rings (SSSR count). The van der Waals surface area contributed by atoms with Gasteiger partial charge in [-0.05, 0) is 54.3 Å². The molecule has 1 saturated heterocycles. The van der Waals surface area contributed by atoms with Crippen LogP contribution in [0.5, 0.6) is 5.75 Å². The van der Waals surface area contributed by atoms with Gasteiger partial charge in [0.05, 0.1) is 12.3 Å². The van der Waals surface area contributed by atoms with Crippen LogP contribution < -0.4 is 4.74 Å². The Kier molecular flexibility index (Phi) is 6.99. The molecule has 37 heavy (non-hydrogen) atoms. The van der Waals surface area contributed by atoms with Crippen LogP contribution in [0.2, 0.25) is 0 Å². The molecule has 192 valence electrons. The summed E-state index contributed by atoms with van der Waals surface area (Å²) < 4.78 is 11.4. The number of hydrogen-bond donors (Lipinski definition) is 0. The second kappa shape index (κ2) is 10.5. The first-order chi connectivity index (χ1) is 17.9. The molecule has 3 amide bonds. The molecule has 8 heteroatoms. The van der Waals surface area contributed by atoms with Crippen LogP contribution in [0, 0.1) is 6.92 Å². The van der Waals surface area contributed by atoms with Crippen LogP contribution in [0.4, 0.5) is 0 Å². The van der Waals surface area contributed by atoms with Crippen molar-refractivity contribution in [1.29, 1.82) is 0 Å². The van der Waals surface area contributed by atoms with Gasteiger partial charge in [-0.2, -0.15) is 0 Å². The number of ether oxygens (including phenoxy) is 1. The molecule has 0 N–H and O–H groups in total. The van der Waals surface area contributed by atoms with Gasteiger partial charge in [0.1, 0.15) is 5.75 Å². The second-order valence-corrected chi connectivity index (χ2v) is 9.58. The van der Waals surface area contributed by atoms with E-state index < -0.39 is 0 Å². The van der Waals surface area contributed by atoms with Crippen LogP contribution in [-0.2, 0) is 16.0 Å². The van der Waals surface area contributed by atoms with Crippen molar-refractivity contribution in [2.24, 2.45) is 0 Å². The van der Waals surface area contributed by atoms with E-state index in [9.17, 15) is 14.4 Å². The summed E-state index contributed by atoms with van der Waals surface area (Å²) in [7, 11) is 0. The summed E-state index contributed by atoms with van der Waals surface area (Å²) in [6.45, 7) is 6.15. The van der Waals surface area contributed by atoms with Gasteiger partial charge in [0.2, 0.25) is 5.91 Å². The third-order valence-electron chi connectivity index (χ3n) is 7.14. The number of carbonyl (C=O) groups is 3. The number of nitrogens with zero attached hydrogens (tertiary/aromatic N) is 3. The van der Waals surface area contributed by atoms with Gasteiger partial charge in [0.15, 0.2) is 12.4 Å². The van der Waals surface area contributed by atoms with Gasteiger partial charge in [0.25, 0.3) is 11.8 Å². The van der Waals surface area contributed by atoms with Crippen molar-refractivity contribution >= 4 is 17.7 Å².